The van der Waals surface area contributed by atoms with Crippen molar-refractivity contribution < 1.29 is 19.9 Å². The fraction of sp³-hybridized carbons (Fsp3) is 0.741. The van der Waals surface area contributed by atoms with Crippen molar-refractivity contribution in [3.05, 3.63) is 33.9 Å². The minimum Gasteiger partial charge on any atom is -0.502 e. The maximum Gasteiger partial charge on any atom is 0.310 e. The Balaban J connectivity index is 1.33. The number of hydrogen-bond donors (Lipinski definition) is 2. The molecule has 0 saturated heterocycles. The molecular formula is C27H33NO5. The molecule has 0 amide bonds. The van der Waals surface area contributed by atoms with Gasteiger partial charge in [-0.05, 0) is 129 Å². The molecule has 1 aromatic carbocycles. The zero-order valence-corrected chi connectivity index (χ0v) is 19.1. The number of carboxylic acid groups (broad SMARTS) is 1. The van der Waals surface area contributed by atoms with E-state index in [1.165, 1.54) is 44.6 Å². The topological polar surface area (TPSA) is 101 Å². The van der Waals surface area contributed by atoms with E-state index in [2.05, 4.69) is 0 Å². The number of aromatic hydroxyl groups is 1. The van der Waals surface area contributed by atoms with Gasteiger partial charge in [0.15, 0.2) is 5.75 Å². The number of benzene rings is 1. The van der Waals surface area contributed by atoms with Crippen LogP contribution in [0.1, 0.15) is 82.6 Å². The van der Waals surface area contributed by atoms with Crippen LogP contribution in [0.25, 0.3) is 0 Å². The van der Waals surface area contributed by atoms with E-state index in [1.54, 1.807) is 6.07 Å². The van der Waals surface area contributed by atoms with Gasteiger partial charge in [0.05, 0.1) is 10.3 Å². The summed E-state index contributed by atoms with van der Waals surface area (Å²) < 4.78 is 0. The maximum absolute atomic E-state index is 12.6. The number of phenols is 1. The number of nitro groups is 1. The molecule has 0 spiro atoms. The molecule has 8 saturated carbocycles. The summed E-state index contributed by atoms with van der Waals surface area (Å²) in [5.74, 6) is 1.56. The summed E-state index contributed by atoms with van der Waals surface area (Å²) in [7, 11) is 0. The summed E-state index contributed by atoms with van der Waals surface area (Å²) in [6.45, 7) is 0. The molecule has 8 aliphatic carbocycles. The highest BCUT2D eigenvalue weighted by molar-refractivity contribution is 5.75. The minimum atomic E-state index is -0.561. The van der Waals surface area contributed by atoms with Crippen LogP contribution in [-0.4, -0.2) is 21.1 Å². The van der Waals surface area contributed by atoms with Gasteiger partial charge >= 0.3 is 11.7 Å². The van der Waals surface area contributed by atoms with Gasteiger partial charge in [0.2, 0.25) is 0 Å². The molecule has 9 rings (SSSR count). The molecule has 8 bridgehead atoms. The van der Waals surface area contributed by atoms with E-state index in [-0.39, 0.29) is 27.7 Å². The van der Waals surface area contributed by atoms with Crippen LogP contribution in [0.3, 0.4) is 0 Å². The van der Waals surface area contributed by atoms with E-state index in [4.69, 9.17) is 0 Å². The van der Waals surface area contributed by atoms with E-state index in [0.29, 0.717) is 23.7 Å². The average Bonchev–Trinajstić information content (AvgIpc) is 2.71. The second kappa shape index (κ2) is 6.11. The van der Waals surface area contributed by atoms with Crippen molar-refractivity contribution in [3.8, 4) is 5.75 Å². The van der Waals surface area contributed by atoms with Crippen LogP contribution in [0.4, 0.5) is 5.69 Å². The summed E-state index contributed by atoms with van der Waals surface area (Å²) in [5.41, 5.74) is 0.559. The lowest BCUT2D eigenvalue weighted by atomic mass is 9.31. The van der Waals surface area contributed by atoms with Crippen molar-refractivity contribution in [2.75, 3.05) is 0 Å². The number of nitrogens with zero attached hydrogens (tertiary/aromatic N) is 1. The predicted molar refractivity (Wildman–Crippen MR) is 121 cm³/mol. The summed E-state index contributed by atoms with van der Waals surface area (Å²) in [6.07, 6.45) is 13.1. The standard InChI is InChI=1S/C27H33NO5/c29-22-2-1-20(5-21(22)28(32)33)24-6-16-3-17(7-24)11-26(10-16,14-24)27-12-18-4-19(13-27)9-25(8-18,15-27)23(30)31/h1-2,5,16-19,29H,3-4,6-15H2,(H,30,31). The summed E-state index contributed by atoms with van der Waals surface area (Å²) in [4.78, 5) is 23.7. The second-order valence-electron chi connectivity index (χ2n) is 13.3. The van der Waals surface area contributed by atoms with Crippen LogP contribution in [0.2, 0.25) is 0 Å². The molecule has 176 valence electrons. The number of aliphatic carboxylic acids is 1. The van der Waals surface area contributed by atoms with Crippen molar-refractivity contribution in [1.29, 1.82) is 0 Å². The van der Waals surface area contributed by atoms with Gasteiger partial charge in [-0.3, -0.25) is 14.9 Å². The van der Waals surface area contributed by atoms with Gasteiger partial charge < -0.3 is 10.2 Å². The average molecular weight is 452 g/mol. The first-order chi connectivity index (χ1) is 15.7. The monoisotopic (exact) mass is 451 g/mol. The molecule has 0 aromatic heterocycles. The summed E-state index contributed by atoms with van der Waals surface area (Å²) in [5, 5.41) is 32.0. The van der Waals surface area contributed by atoms with Crippen molar-refractivity contribution in [2.45, 2.75) is 82.5 Å². The number of hydrogen-bond acceptors (Lipinski definition) is 4. The number of carboxylic acids is 1. The minimum absolute atomic E-state index is 0.0672. The lowest BCUT2D eigenvalue weighted by Gasteiger charge is -2.73. The molecule has 0 aliphatic heterocycles. The molecule has 0 heterocycles. The Labute approximate surface area is 193 Å². The van der Waals surface area contributed by atoms with Crippen molar-refractivity contribution in [1.82, 2.24) is 0 Å². The fourth-order valence-corrected chi connectivity index (χ4v) is 11.4. The third kappa shape index (κ3) is 2.53. The van der Waals surface area contributed by atoms with Gasteiger partial charge in [-0.15, -0.1) is 0 Å². The highest BCUT2D eigenvalue weighted by Crippen LogP contribution is 2.78. The van der Waals surface area contributed by atoms with Crippen LogP contribution >= 0.6 is 0 Å². The Bertz CT molecular complexity index is 1050. The molecule has 8 fully saturated rings. The molecule has 1 aromatic rings. The van der Waals surface area contributed by atoms with Crippen LogP contribution in [0.5, 0.6) is 5.75 Å². The first-order valence-corrected chi connectivity index (χ1v) is 12.9. The Morgan fingerprint density at radius 2 is 1.42 bits per heavy atom. The highest BCUT2D eigenvalue weighted by Gasteiger charge is 2.71. The summed E-state index contributed by atoms with van der Waals surface area (Å²) in [6, 6.07) is 5.10. The second-order valence-corrected chi connectivity index (χ2v) is 13.3. The Hall–Kier alpha value is -2.11. The van der Waals surface area contributed by atoms with Gasteiger partial charge in [0.25, 0.3) is 0 Å². The number of rotatable bonds is 4. The number of phenolic OH excluding ortho intramolecular Hbond substituents is 1. The van der Waals surface area contributed by atoms with E-state index in [0.717, 1.165) is 44.1 Å². The molecular weight excluding hydrogens is 418 g/mol. The Morgan fingerprint density at radius 3 is 1.97 bits per heavy atom. The third-order valence-electron chi connectivity index (χ3n) is 11.5. The maximum atomic E-state index is 12.6. The number of nitro benzene ring substituents is 1. The van der Waals surface area contributed by atoms with Crippen molar-refractivity contribution in [2.24, 2.45) is 39.9 Å². The largest absolute Gasteiger partial charge is 0.502 e. The smallest absolute Gasteiger partial charge is 0.310 e. The molecule has 2 N–H and O–H groups in total. The van der Waals surface area contributed by atoms with Gasteiger partial charge in [-0.25, -0.2) is 0 Å². The van der Waals surface area contributed by atoms with Crippen LogP contribution in [-0.2, 0) is 10.2 Å². The molecule has 8 aliphatic rings. The van der Waals surface area contributed by atoms with Gasteiger partial charge in [-0.1, -0.05) is 6.07 Å². The quantitative estimate of drug-likeness (QED) is 0.444. The van der Waals surface area contributed by atoms with Crippen LogP contribution in [0.15, 0.2) is 18.2 Å². The van der Waals surface area contributed by atoms with E-state index >= 15 is 0 Å². The van der Waals surface area contributed by atoms with E-state index in [9.17, 15) is 25.1 Å². The predicted octanol–water partition coefficient (Wildman–Crippen LogP) is 5.81. The first kappa shape index (κ1) is 20.3. The summed E-state index contributed by atoms with van der Waals surface area (Å²) >= 11 is 0. The van der Waals surface area contributed by atoms with Gasteiger partial charge in [-0.2, -0.15) is 0 Å². The van der Waals surface area contributed by atoms with Gasteiger partial charge in [0, 0.05) is 6.07 Å². The van der Waals surface area contributed by atoms with Crippen LogP contribution < -0.4 is 0 Å². The molecule has 4 unspecified atom stereocenters. The highest BCUT2D eigenvalue weighted by atomic mass is 16.6. The SMILES string of the molecule is O=C(O)C12CC3CC(C1)CC(C14CC5CC(CC(c6ccc(O)c([N+](=O)[O-])c6)(C5)C1)C4)(C3)C2. The Kier molecular flexibility index (Phi) is 3.76. The lowest BCUT2D eigenvalue weighted by molar-refractivity contribution is -0.386. The third-order valence-corrected chi connectivity index (χ3v) is 11.5. The van der Waals surface area contributed by atoms with E-state index < -0.39 is 16.3 Å². The van der Waals surface area contributed by atoms with Crippen molar-refractivity contribution in [3.63, 3.8) is 0 Å². The lowest BCUT2D eigenvalue weighted by Crippen LogP contribution is -2.66. The van der Waals surface area contributed by atoms with E-state index in [1.807, 2.05) is 6.07 Å². The normalized spacial score (nSPS) is 48.8. The zero-order valence-electron chi connectivity index (χ0n) is 19.1. The molecule has 6 heteroatoms. The fourth-order valence-electron chi connectivity index (χ4n) is 11.4. The molecule has 4 atom stereocenters. The van der Waals surface area contributed by atoms with Gasteiger partial charge in [0.1, 0.15) is 0 Å². The molecule has 33 heavy (non-hydrogen) atoms. The first-order valence-electron chi connectivity index (χ1n) is 12.9. The zero-order chi connectivity index (χ0) is 22.8. The molecule has 0 radical (unpaired) electrons. The van der Waals surface area contributed by atoms with Crippen molar-refractivity contribution >= 4 is 11.7 Å². The van der Waals surface area contributed by atoms with Crippen LogP contribution in [0, 0.1) is 50.0 Å². The number of carbonyl (C=O) groups is 1. The molecule has 6 nitrogen and oxygen atoms in total. The Morgan fingerprint density at radius 1 is 0.879 bits per heavy atom.